The molecule has 0 aromatic rings. The molecule has 0 bridgehead atoms. The van der Waals surface area contributed by atoms with Crippen LogP contribution in [0.1, 0.15) is 39.0 Å². The predicted octanol–water partition coefficient (Wildman–Crippen LogP) is -0.311. The minimum Gasteiger partial charge on any atom is -0.737 e. The molecule has 29 heavy (non-hydrogen) atoms. The van der Waals surface area contributed by atoms with Crippen molar-refractivity contribution in [3.8, 4) is 0 Å². The highest BCUT2D eigenvalue weighted by atomic mass is 16.6. The van der Waals surface area contributed by atoms with E-state index in [1.807, 2.05) is 0 Å². The second-order valence-electron chi connectivity index (χ2n) is 6.97. The van der Waals surface area contributed by atoms with Crippen LogP contribution < -0.4 is 22.9 Å². The zero-order valence-corrected chi connectivity index (χ0v) is 18.7. The van der Waals surface area contributed by atoms with Crippen molar-refractivity contribution in [3.63, 3.8) is 0 Å². The molecule has 0 rings (SSSR count). The van der Waals surface area contributed by atoms with Gasteiger partial charge >= 0.3 is 0 Å². The second kappa shape index (κ2) is 23.0. The van der Waals surface area contributed by atoms with Gasteiger partial charge in [-0.3, -0.25) is 0 Å². The summed E-state index contributed by atoms with van der Waals surface area (Å²) in [5.74, 6) is 0. The Hall–Kier alpha value is -1.24. The number of unbranched alkanes of at least 4 members (excludes halogenated alkanes) is 3. The van der Waals surface area contributed by atoms with Crippen molar-refractivity contribution >= 4 is 0 Å². The first-order valence-corrected chi connectivity index (χ1v) is 10.8. The third-order valence-electron chi connectivity index (χ3n) is 4.43. The lowest BCUT2D eigenvalue weighted by Gasteiger charge is -2.20. The summed E-state index contributed by atoms with van der Waals surface area (Å²) in [4.78, 5) is 4.62. The lowest BCUT2D eigenvalue weighted by Crippen LogP contribution is -2.34. The van der Waals surface area contributed by atoms with Crippen LogP contribution in [0.2, 0.25) is 0 Å². The molecule has 0 aromatic carbocycles. The van der Waals surface area contributed by atoms with Crippen LogP contribution in [0.5, 0.6) is 0 Å². The van der Waals surface area contributed by atoms with Crippen LogP contribution in [-0.4, -0.2) is 98.8 Å². The van der Waals surface area contributed by atoms with Gasteiger partial charge in [-0.1, -0.05) is 19.8 Å². The van der Waals surface area contributed by atoms with E-state index in [0.29, 0.717) is 19.6 Å². The Morgan fingerprint density at radius 1 is 0.690 bits per heavy atom. The van der Waals surface area contributed by atoms with Crippen LogP contribution in [0.4, 0.5) is 0 Å². The standard InChI is InChI=1S/C10H26N6O2.C8H21N3/c1-14(16(18)13-17)7-3-2-4-8-15(9-5-11)10-6-12;1-2-3-6-11(7-4-9)8-5-10/h17H,2-12H2,1H3;2-10H2,1H3/p-1/b16-13-;. The van der Waals surface area contributed by atoms with Gasteiger partial charge < -0.3 is 43.1 Å². The van der Waals surface area contributed by atoms with Crippen molar-refractivity contribution in [2.24, 2.45) is 28.2 Å². The van der Waals surface area contributed by atoms with E-state index in [-0.39, 0.29) is 4.97 Å². The Bertz CT molecular complexity index is 350. The van der Waals surface area contributed by atoms with Gasteiger partial charge in [0.05, 0.1) is 13.6 Å². The van der Waals surface area contributed by atoms with Crippen LogP contribution >= 0.6 is 0 Å². The Balaban J connectivity index is 0. The predicted molar refractivity (Wildman–Crippen MR) is 120 cm³/mol. The minimum absolute atomic E-state index is 0.0646. The molecule has 0 aliphatic heterocycles. The van der Waals surface area contributed by atoms with Crippen LogP contribution in [0, 0.1) is 10.4 Å². The summed E-state index contributed by atoms with van der Waals surface area (Å²) in [6, 6.07) is 0. The smallest absolute Gasteiger partial charge is 0.0764 e. The highest BCUT2D eigenvalue weighted by Gasteiger charge is 2.05. The van der Waals surface area contributed by atoms with Crippen LogP contribution in [0.15, 0.2) is 5.28 Å². The topological polar surface area (TPSA) is 175 Å². The van der Waals surface area contributed by atoms with E-state index in [0.717, 1.165) is 71.6 Å². The number of nitrogens with two attached hydrogens (primary N) is 4. The Kier molecular flexibility index (Phi) is 23.8. The summed E-state index contributed by atoms with van der Waals surface area (Å²) < 4.78 is 0. The molecule has 176 valence electrons. The quantitative estimate of drug-likeness (QED) is 0.100. The third kappa shape index (κ3) is 19.8. The number of rotatable bonds is 18. The second-order valence-corrected chi connectivity index (χ2v) is 6.97. The molecule has 0 saturated heterocycles. The van der Waals surface area contributed by atoms with Crippen molar-refractivity contribution < 1.29 is 4.97 Å². The molecule has 0 amide bonds. The van der Waals surface area contributed by atoms with Gasteiger partial charge in [0.2, 0.25) is 0 Å². The van der Waals surface area contributed by atoms with Crippen molar-refractivity contribution in [1.29, 1.82) is 0 Å². The molecule has 11 heteroatoms. The van der Waals surface area contributed by atoms with E-state index in [2.05, 4.69) is 22.0 Å². The van der Waals surface area contributed by atoms with Gasteiger partial charge in [0.1, 0.15) is 0 Å². The Labute approximate surface area is 177 Å². The number of hydrogen-bond donors (Lipinski definition) is 4. The van der Waals surface area contributed by atoms with Crippen LogP contribution in [-0.2, 0) is 0 Å². The lowest BCUT2D eigenvalue weighted by molar-refractivity contribution is -0.684. The van der Waals surface area contributed by atoms with E-state index in [9.17, 15) is 10.4 Å². The first-order chi connectivity index (χ1) is 14.0. The molecule has 0 fully saturated rings. The van der Waals surface area contributed by atoms with E-state index >= 15 is 0 Å². The average molecular weight is 421 g/mol. The van der Waals surface area contributed by atoms with Gasteiger partial charge in [-0.05, 0) is 37.6 Å². The van der Waals surface area contributed by atoms with Gasteiger partial charge in [0.15, 0.2) is 0 Å². The van der Waals surface area contributed by atoms with E-state index < -0.39 is 0 Å². The van der Waals surface area contributed by atoms with E-state index in [4.69, 9.17) is 22.9 Å². The Morgan fingerprint density at radius 2 is 1.10 bits per heavy atom. The summed E-state index contributed by atoms with van der Waals surface area (Å²) in [6.45, 7) is 11.3. The number of hydrazine groups is 1. The average Bonchev–Trinajstić information content (AvgIpc) is 2.72. The molecule has 0 atom stereocenters. The fourth-order valence-corrected chi connectivity index (χ4v) is 2.78. The van der Waals surface area contributed by atoms with E-state index in [1.165, 1.54) is 17.9 Å². The van der Waals surface area contributed by atoms with Gasteiger partial charge in [0, 0.05) is 57.3 Å². The third-order valence-corrected chi connectivity index (χ3v) is 4.43. The van der Waals surface area contributed by atoms with Gasteiger partial charge in [-0.15, -0.1) is 0 Å². The van der Waals surface area contributed by atoms with Crippen LogP contribution in [0.25, 0.3) is 0 Å². The van der Waals surface area contributed by atoms with Crippen molar-refractivity contribution in [2.75, 3.05) is 79.0 Å². The first-order valence-electron chi connectivity index (χ1n) is 10.8. The van der Waals surface area contributed by atoms with Crippen molar-refractivity contribution in [3.05, 3.63) is 10.4 Å². The normalized spacial score (nSPS) is 11.7. The monoisotopic (exact) mass is 420 g/mol. The molecule has 0 spiro atoms. The maximum absolute atomic E-state index is 10.8. The molecule has 0 aliphatic rings. The summed E-state index contributed by atoms with van der Waals surface area (Å²) in [7, 11) is 1.55. The van der Waals surface area contributed by atoms with Crippen LogP contribution in [0.3, 0.4) is 0 Å². The zero-order chi connectivity index (χ0) is 22.3. The van der Waals surface area contributed by atoms with Gasteiger partial charge in [0.25, 0.3) is 0 Å². The summed E-state index contributed by atoms with van der Waals surface area (Å²) >= 11 is 0. The molecule has 0 heterocycles. The maximum Gasteiger partial charge on any atom is 0.0764 e. The van der Waals surface area contributed by atoms with Crippen molar-refractivity contribution in [1.82, 2.24) is 14.8 Å². The molecule has 11 nitrogen and oxygen atoms in total. The summed E-state index contributed by atoms with van der Waals surface area (Å²) in [6.07, 6.45) is 5.36. The van der Waals surface area contributed by atoms with Gasteiger partial charge in [-0.25, -0.2) is 0 Å². The highest BCUT2D eigenvalue weighted by molar-refractivity contribution is 4.59. The number of nitrogens with zero attached hydrogens (tertiary/aromatic N) is 5. The summed E-state index contributed by atoms with van der Waals surface area (Å²) in [5.41, 5.74) is 21.9. The fraction of sp³-hybridized carbons (Fsp3) is 1.00. The molecule has 0 aliphatic carbocycles. The SMILES string of the molecule is CCCCN(CCN)CCN.CN(CCCCCN(CCN)CCN)/[N+]([O-])=N/[O-]. The summed E-state index contributed by atoms with van der Waals surface area (Å²) in [5, 5.41) is 24.3. The number of hydrogen-bond acceptors (Lipinski definition) is 9. The largest absolute Gasteiger partial charge is 0.737 e. The van der Waals surface area contributed by atoms with E-state index in [1.54, 1.807) is 7.05 Å². The minimum atomic E-state index is 0.0646. The highest BCUT2D eigenvalue weighted by Crippen LogP contribution is 2.00. The van der Waals surface area contributed by atoms with Gasteiger partial charge in [-0.2, -0.15) is 5.01 Å². The molecule has 0 radical (unpaired) electrons. The van der Waals surface area contributed by atoms with Crippen molar-refractivity contribution in [2.45, 2.75) is 39.0 Å². The molecular weight excluding hydrogens is 374 g/mol. The molecule has 0 saturated carbocycles. The first kappa shape index (κ1) is 30.0. The zero-order valence-electron chi connectivity index (χ0n) is 18.7. The lowest BCUT2D eigenvalue weighted by atomic mass is 10.2. The molecule has 0 aromatic heterocycles. The molecule has 8 N–H and O–H groups in total. The molecular formula is C18H46N9O2-. The maximum atomic E-state index is 10.8. The fourth-order valence-electron chi connectivity index (χ4n) is 2.78. The molecule has 0 unspecified atom stereocenters. The Morgan fingerprint density at radius 3 is 1.48 bits per heavy atom.